The minimum Gasteiger partial charge on any atom is -0.371 e. The van der Waals surface area contributed by atoms with E-state index in [1.165, 1.54) is 50.6 Å². The maximum atomic E-state index is 6.17. The Hall–Kier alpha value is -1.02. The van der Waals surface area contributed by atoms with Gasteiger partial charge in [0.1, 0.15) is 0 Å². The topological polar surface area (TPSA) is 29.3 Å². The summed E-state index contributed by atoms with van der Waals surface area (Å²) in [5.74, 6) is 0. The van der Waals surface area contributed by atoms with Gasteiger partial charge in [0.2, 0.25) is 0 Å². The lowest BCUT2D eigenvalue weighted by molar-refractivity contribution is 0.203. The molecular weight excluding hydrogens is 244 g/mol. The summed E-state index contributed by atoms with van der Waals surface area (Å²) in [4.78, 5) is 2.57. The van der Waals surface area contributed by atoms with Crippen molar-refractivity contribution in [2.45, 2.75) is 51.9 Å². The summed E-state index contributed by atoms with van der Waals surface area (Å²) < 4.78 is 0. The first-order valence-corrected chi connectivity index (χ1v) is 8.30. The maximum Gasteiger partial charge on any atom is 0.0366 e. The highest BCUT2D eigenvalue weighted by Gasteiger charge is 2.32. The number of hydrogen-bond acceptors (Lipinski definition) is 2. The second-order valence-corrected chi connectivity index (χ2v) is 6.38. The number of rotatable bonds is 7. The molecule has 1 aliphatic carbocycles. The van der Waals surface area contributed by atoms with Gasteiger partial charge in [0.15, 0.2) is 0 Å². The fourth-order valence-electron chi connectivity index (χ4n) is 3.42. The number of nitrogens with zero attached hydrogens (tertiary/aromatic N) is 1. The standard InChI is InChI=1S/C18H30N2/c1-2-3-14-20(17-10-6-4-7-11-17)16-18(15-19)12-8-5-9-13-18/h4,6-7,10-11H,2-3,5,8-9,12-16,19H2,1H3. The van der Waals surface area contributed by atoms with Crippen LogP contribution in [0.5, 0.6) is 0 Å². The van der Waals surface area contributed by atoms with E-state index in [1.807, 2.05) is 0 Å². The van der Waals surface area contributed by atoms with Gasteiger partial charge < -0.3 is 10.6 Å². The third kappa shape index (κ3) is 3.99. The lowest BCUT2D eigenvalue weighted by Gasteiger charge is -2.41. The first kappa shape index (κ1) is 15.4. The average molecular weight is 274 g/mol. The highest BCUT2D eigenvalue weighted by atomic mass is 15.1. The lowest BCUT2D eigenvalue weighted by Crippen LogP contribution is -2.44. The molecule has 0 bridgehead atoms. The summed E-state index contributed by atoms with van der Waals surface area (Å²) in [7, 11) is 0. The van der Waals surface area contributed by atoms with Crippen molar-refractivity contribution in [1.82, 2.24) is 0 Å². The van der Waals surface area contributed by atoms with Crippen LogP contribution in [0.25, 0.3) is 0 Å². The molecule has 0 aliphatic heterocycles. The second kappa shape index (κ2) is 7.68. The molecule has 0 atom stereocenters. The fourth-order valence-corrected chi connectivity index (χ4v) is 3.42. The number of benzene rings is 1. The first-order valence-electron chi connectivity index (χ1n) is 8.30. The summed E-state index contributed by atoms with van der Waals surface area (Å²) in [5, 5.41) is 0. The van der Waals surface area contributed by atoms with E-state index in [4.69, 9.17) is 5.73 Å². The Bertz CT molecular complexity index is 368. The van der Waals surface area contributed by atoms with Crippen molar-refractivity contribution < 1.29 is 0 Å². The number of para-hydroxylation sites is 1. The number of unbranched alkanes of at least 4 members (excludes halogenated alkanes) is 1. The Labute approximate surface area is 124 Å². The van der Waals surface area contributed by atoms with Crippen LogP contribution in [0.15, 0.2) is 30.3 Å². The molecule has 0 unspecified atom stereocenters. The minimum atomic E-state index is 0.349. The van der Waals surface area contributed by atoms with E-state index in [2.05, 4.69) is 42.2 Å². The Morgan fingerprint density at radius 1 is 1.10 bits per heavy atom. The summed E-state index contributed by atoms with van der Waals surface area (Å²) in [6, 6.07) is 10.9. The van der Waals surface area contributed by atoms with Crippen LogP contribution >= 0.6 is 0 Å². The van der Waals surface area contributed by atoms with E-state index < -0.39 is 0 Å². The van der Waals surface area contributed by atoms with Crippen molar-refractivity contribution >= 4 is 5.69 Å². The molecule has 112 valence electrons. The van der Waals surface area contributed by atoms with Crippen molar-refractivity contribution in [3.8, 4) is 0 Å². The van der Waals surface area contributed by atoms with E-state index in [1.54, 1.807) is 0 Å². The third-order valence-corrected chi connectivity index (χ3v) is 4.78. The predicted octanol–water partition coefficient (Wildman–Crippen LogP) is 4.20. The molecule has 0 spiro atoms. The van der Waals surface area contributed by atoms with Crippen LogP contribution in [0.1, 0.15) is 51.9 Å². The Morgan fingerprint density at radius 2 is 1.80 bits per heavy atom. The second-order valence-electron chi connectivity index (χ2n) is 6.38. The highest BCUT2D eigenvalue weighted by Crippen LogP contribution is 2.37. The maximum absolute atomic E-state index is 6.17. The molecule has 1 saturated carbocycles. The molecule has 2 rings (SSSR count). The van der Waals surface area contributed by atoms with Crippen LogP contribution in [0.4, 0.5) is 5.69 Å². The van der Waals surface area contributed by atoms with Crippen LogP contribution in [0, 0.1) is 5.41 Å². The molecule has 20 heavy (non-hydrogen) atoms. The first-order chi connectivity index (χ1) is 9.79. The van der Waals surface area contributed by atoms with Gasteiger partial charge in [-0.25, -0.2) is 0 Å². The predicted molar refractivity (Wildman–Crippen MR) is 88.1 cm³/mol. The van der Waals surface area contributed by atoms with Crippen molar-refractivity contribution in [2.24, 2.45) is 11.1 Å². The van der Waals surface area contributed by atoms with Crippen LogP contribution in [-0.2, 0) is 0 Å². The number of hydrogen-bond donors (Lipinski definition) is 1. The molecule has 1 aliphatic rings. The van der Waals surface area contributed by atoms with E-state index in [0.29, 0.717) is 5.41 Å². The van der Waals surface area contributed by atoms with Gasteiger partial charge in [0.25, 0.3) is 0 Å². The molecule has 0 saturated heterocycles. The molecule has 0 heterocycles. The average Bonchev–Trinajstić information content (AvgIpc) is 2.53. The highest BCUT2D eigenvalue weighted by molar-refractivity contribution is 5.46. The smallest absolute Gasteiger partial charge is 0.0366 e. The quantitative estimate of drug-likeness (QED) is 0.807. The molecule has 1 fully saturated rings. The monoisotopic (exact) mass is 274 g/mol. The summed E-state index contributed by atoms with van der Waals surface area (Å²) >= 11 is 0. The molecule has 0 aromatic heterocycles. The van der Waals surface area contributed by atoms with Gasteiger partial charge in [-0.2, -0.15) is 0 Å². The molecular formula is C18H30N2. The Morgan fingerprint density at radius 3 is 2.40 bits per heavy atom. The van der Waals surface area contributed by atoms with Crippen molar-refractivity contribution in [1.29, 1.82) is 0 Å². The number of nitrogens with two attached hydrogens (primary N) is 1. The van der Waals surface area contributed by atoms with E-state index in [9.17, 15) is 0 Å². The van der Waals surface area contributed by atoms with Gasteiger partial charge in [0, 0.05) is 24.2 Å². The molecule has 1 aromatic carbocycles. The Balaban J connectivity index is 2.10. The molecule has 2 heteroatoms. The zero-order valence-corrected chi connectivity index (χ0v) is 13.0. The van der Waals surface area contributed by atoms with Crippen LogP contribution in [0.3, 0.4) is 0 Å². The zero-order valence-electron chi connectivity index (χ0n) is 13.0. The molecule has 0 radical (unpaired) electrons. The normalized spacial score (nSPS) is 17.9. The molecule has 2 N–H and O–H groups in total. The van der Waals surface area contributed by atoms with Gasteiger partial charge in [-0.05, 0) is 37.9 Å². The molecule has 2 nitrogen and oxygen atoms in total. The SMILES string of the molecule is CCCCN(CC1(CN)CCCCC1)c1ccccc1. The zero-order chi connectivity index (χ0) is 14.3. The van der Waals surface area contributed by atoms with Gasteiger partial charge in [-0.1, -0.05) is 50.8 Å². The largest absolute Gasteiger partial charge is 0.371 e. The lowest BCUT2D eigenvalue weighted by atomic mass is 9.73. The van der Waals surface area contributed by atoms with Crippen molar-refractivity contribution in [3.05, 3.63) is 30.3 Å². The fraction of sp³-hybridized carbons (Fsp3) is 0.667. The minimum absolute atomic E-state index is 0.349. The van der Waals surface area contributed by atoms with Gasteiger partial charge in [0.05, 0.1) is 0 Å². The van der Waals surface area contributed by atoms with Crippen LogP contribution in [-0.4, -0.2) is 19.6 Å². The van der Waals surface area contributed by atoms with Crippen molar-refractivity contribution in [3.63, 3.8) is 0 Å². The van der Waals surface area contributed by atoms with E-state index >= 15 is 0 Å². The van der Waals surface area contributed by atoms with E-state index in [-0.39, 0.29) is 0 Å². The molecule has 0 amide bonds. The number of anilines is 1. The Kier molecular flexibility index (Phi) is 5.90. The summed E-state index contributed by atoms with van der Waals surface area (Å²) in [5.41, 5.74) is 7.88. The summed E-state index contributed by atoms with van der Waals surface area (Å²) in [6.07, 6.45) is 9.22. The van der Waals surface area contributed by atoms with Gasteiger partial charge in [-0.15, -0.1) is 0 Å². The van der Waals surface area contributed by atoms with Gasteiger partial charge in [-0.3, -0.25) is 0 Å². The third-order valence-electron chi connectivity index (χ3n) is 4.78. The van der Waals surface area contributed by atoms with Gasteiger partial charge >= 0.3 is 0 Å². The summed E-state index contributed by atoms with van der Waals surface area (Å²) in [6.45, 7) is 5.39. The van der Waals surface area contributed by atoms with Crippen LogP contribution < -0.4 is 10.6 Å². The van der Waals surface area contributed by atoms with Crippen molar-refractivity contribution in [2.75, 3.05) is 24.5 Å². The van der Waals surface area contributed by atoms with Crippen LogP contribution in [0.2, 0.25) is 0 Å². The van der Waals surface area contributed by atoms with E-state index in [0.717, 1.165) is 19.6 Å². The molecule has 1 aromatic rings.